The largest absolute Gasteiger partial charge is 0.327 e. The van der Waals surface area contributed by atoms with Gasteiger partial charge < -0.3 is 10.2 Å². The third kappa shape index (κ3) is 3.37. The fourth-order valence-corrected chi connectivity index (χ4v) is 3.45. The quantitative estimate of drug-likeness (QED) is 0.482. The van der Waals surface area contributed by atoms with Gasteiger partial charge >= 0.3 is 0 Å². The van der Waals surface area contributed by atoms with Gasteiger partial charge in [0.1, 0.15) is 17.8 Å². The number of anilines is 1. The lowest BCUT2D eigenvalue weighted by molar-refractivity contribution is -0.384. The number of thiol groups is 1. The first-order valence-electron chi connectivity index (χ1n) is 8.08. The van der Waals surface area contributed by atoms with Crippen LogP contribution in [0, 0.1) is 35.3 Å². The van der Waals surface area contributed by atoms with E-state index in [-0.39, 0.29) is 16.3 Å². The number of non-ortho nitro benzene ring substituents is 1. The lowest BCUT2D eigenvalue weighted by Gasteiger charge is -2.38. The first-order chi connectivity index (χ1) is 12.8. The van der Waals surface area contributed by atoms with Crippen molar-refractivity contribution in [2.24, 2.45) is 0 Å². The highest BCUT2D eigenvalue weighted by Crippen LogP contribution is 2.38. The third-order valence-corrected chi connectivity index (χ3v) is 4.76. The van der Waals surface area contributed by atoms with Gasteiger partial charge in [0.15, 0.2) is 0 Å². The Labute approximate surface area is 161 Å². The number of nitriles is 1. The number of aryl methyl sites for hydroxylation is 2. The van der Waals surface area contributed by atoms with Gasteiger partial charge in [-0.05, 0) is 25.5 Å². The molecule has 1 unspecified atom stereocenters. The van der Waals surface area contributed by atoms with Crippen LogP contribution in [-0.2, 0) is 4.79 Å². The average Bonchev–Trinajstić information content (AvgIpc) is 2.63. The van der Waals surface area contributed by atoms with E-state index in [2.05, 4.69) is 17.9 Å². The molecule has 7 nitrogen and oxygen atoms in total. The number of nitrogens with one attached hydrogen (secondary N) is 1. The maximum Gasteiger partial charge on any atom is 0.269 e. The third-order valence-electron chi connectivity index (χ3n) is 4.33. The number of carbonyl (C=O) groups excluding carboxylic acids is 1. The Hall–Kier alpha value is -3.31. The summed E-state index contributed by atoms with van der Waals surface area (Å²) in [5.41, 5.74) is 3.05. The van der Waals surface area contributed by atoms with Crippen LogP contribution in [0.15, 0.2) is 53.1 Å². The maximum atomic E-state index is 12.4. The predicted molar refractivity (Wildman–Crippen MR) is 104 cm³/mol. The van der Waals surface area contributed by atoms with Crippen molar-refractivity contribution in [3.8, 4) is 6.07 Å². The standard InChI is InChI=1S/C19H16N4O3S/c1-11-6-7-16(12(2)8-11)22-17(21-18(24)15(10-20)19(22)27)13-4-3-5-14(9-13)23(25)26/h3-9,17,27H,1-2H3,(H,21,24). The summed E-state index contributed by atoms with van der Waals surface area (Å²) in [7, 11) is 0. The molecule has 0 fully saturated rings. The summed E-state index contributed by atoms with van der Waals surface area (Å²) in [6.45, 7) is 3.88. The monoisotopic (exact) mass is 380 g/mol. The van der Waals surface area contributed by atoms with Gasteiger partial charge in [-0.2, -0.15) is 5.26 Å². The predicted octanol–water partition coefficient (Wildman–Crippen LogP) is 3.51. The van der Waals surface area contributed by atoms with Gasteiger partial charge in [0.25, 0.3) is 11.6 Å². The van der Waals surface area contributed by atoms with E-state index in [1.54, 1.807) is 17.0 Å². The number of hydrogen-bond donors (Lipinski definition) is 2. The number of amides is 1. The van der Waals surface area contributed by atoms with Crippen molar-refractivity contribution >= 4 is 29.9 Å². The van der Waals surface area contributed by atoms with Crippen LogP contribution in [0.5, 0.6) is 0 Å². The van der Waals surface area contributed by atoms with Crippen LogP contribution < -0.4 is 10.2 Å². The van der Waals surface area contributed by atoms with E-state index < -0.39 is 17.0 Å². The molecule has 0 radical (unpaired) electrons. The van der Waals surface area contributed by atoms with Crippen LogP contribution in [-0.4, -0.2) is 10.8 Å². The lowest BCUT2D eigenvalue weighted by atomic mass is 10.0. The SMILES string of the molecule is Cc1ccc(N2C(S)=C(C#N)C(=O)NC2c2cccc([N+](=O)[O-])c2)c(C)c1. The number of carbonyl (C=O) groups is 1. The van der Waals surface area contributed by atoms with Crippen LogP contribution in [0.25, 0.3) is 0 Å². The van der Waals surface area contributed by atoms with Crippen molar-refractivity contribution in [2.45, 2.75) is 20.0 Å². The molecule has 1 amide bonds. The van der Waals surface area contributed by atoms with Crippen LogP contribution in [0.4, 0.5) is 11.4 Å². The molecular weight excluding hydrogens is 364 g/mol. The molecule has 3 rings (SSSR count). The summed E-state index contributed by atoms with van der Waals surface area (Å²) in [4.78, 5) is 24.7. The van der Waals surface area contributed by atoms with Gasteiger partial charge in [-0.25, -0.2) is 0 Å². The first kappa shape index (κ1) is 18.5. The van der Waals surface area contributed by atoms with E-state index in [0.29, 0.717) is 5.56 Å². The Morgan fingerprint density at radius 1 is 1.26 bits per heavy atom. The molecule has 0 spiro atoms. The Morgan fingerprint density at radius 3 is 2.63 bits per heavy atom. The highest BCUT2D eigenvalue weighted by atomic mass is 32.1. The minimum Gasteiger partial charge on any atom is -0.327 e. The second-order valence-corrected chi connectivity index (χ2v) is 6.62. The molecular formula is C19H16N4O3S. The maximum absolute atomic E-state index is 12.4. The number of rotatable bonds is 3. The number of nitro benzene ring substituents is 1. The molecule has 2 aromatic rings. The zero-order valence-electron chi connectivity index (χ0n) is 14.6. The molecule has 1 heterocycles. The van der Waals surface area contributed by atoms with Gasteiger partial charge in [-0.1, -0.05) is 29.8 Å². The normalized spacial score (nSPS) is 16.7. The van der Waals surface area contributed by atoms with Gasteiger partial charge in [-0.3, -0.25) is 14.9 Å². The Morgan fingerprint density at radius 2 is 2.00 bits per heavy atom. The molecule has 27 heavy (non-hydrogen) atoms. The lowest BCUT2D eigenvalue weighted by Crippen LogP contribution is -2.46. The molecule has 1 aliphatic heterocycles. The molecule has 0 saturated carbocycles. The summed E-state index contributed by atoms with van der Waals surface area (Å²) in [6, 6.07) is 13.7. The minimum absolute atomic E-state index is 0.0851. The summed E-state index contributed by atoms with van der Waals surface area (Å²) in [6.07, 6.45) is -0.733. The van der Waals surface area contributed by atoms with E-state index in [4.69, 9.17) is 0 Å². The van der Waals surface area contributed by atoms with Crippen molar-refractivity contribution in [3.63, 3.8) is 0 Å². The Kier molecular flexibility index (Phi) is 4.88. The van der Waals surface area contributed by atoms with Crippen molar-refractivity contribution in [1.82, 2.24) is 5.32 Å². The Balaban J connectivity index is 2.21. The molecule has 0 bridgehead atoms. The molecule has 1 atom stereocenters. The highest BCUT2D eigenvalue weighted by molar-refractivity contribution is 7.84. The van der Waals surface area contributed by atoms with Crippen LogP contribution >= 0.6 is 12.6 Å². The van der Waals surface area contributed by atoms with Gasteiger partial charge in [0.2, 0.25) is 0 Å². The van der Waals surface area contributed by atoms with Crippen LogP contribution in [0.2, 0.25) is 0 Å². The van der Waals surface area contributed by atoms with Crippen molar-refractivity contribution in [3.05, 3.63) is 79.9 Å². The van der Waals surface area contributed by atoms with Crippen molar-refractivity contribution < 1.29 is 9.72 Å². The summed E-state index contributed by atoms with van der Waals surface area (Å²) in [5, 5.41) is 23.4. The smallest absolute Gasteiger partial charge is 0.269 e. The summed E-state index contributed by atoms with van der Waals surface area (Å²) < 4.78 is 0. The average molecular weight is 380 g/mol. The van der Waals surface area contributed by atoms with E-state index in [1.807, 2.05) is 38.1 Å². The molecule has 2 aromatic carbocycles. The van der Waals surface area contributed by atoms with Gasteiger partial charge in [0.05, 0.1) is 9.95 Å². The Bertz CT molecular complexity index is 1030. The molecule has 1 aliphatic rings. The topological polar surface area (TPSA) is 99.3 Å². The van der Waals surface area contributed by atoms with E-state index >= 15 is 0 Å². The molecule has 0 saturated heterocycles. The summed E-state index contributed by atoms with van der Waals surface area (Å²) in [5.74, 6) is -0.569. The minimum atomic E-state index is -0.733. The fourth-order valence-electron chi connectivity index (χ4n) is 3.08. The summed E-state index contributed by atoms with van der Waals surface area (Å²) >= 11 is 4.44. The van der Waals surface area contributed by atoms with Crippen molar-refractivity contribution in [2.75, 3.05) is 4.90 Å². The van der Waals surface area contributed by atoms with Crippen molar-refractivity contribution in [1.29, 1.82) is 5.26 Å². The van der Waals surface area contributed by atoms with Crippen LogP contribution in [0.3, 0.4) is 0 Å². The molecule has 0 aliphatic carbocycles. The van der Waals surface area contributed by atoms with E-state index in [9.17, 15) is 20.2 Å². The van der Waals surface area contributed by atoms with Gasteiger partial charge in [0, 0.05) is 23.4 Å². The second-order valence-electron chi connectivity index (χ2n) is 6.20. The zero-order chi connectivity index (χ0) is 19.7. The molecule has 8 heteroatoms. The highest BCUT2D eigenvalue weighted by Gasteiger charge is 2.35. The number of nitrogens with zero attached hydrogens (tertiary/aromatic N) is 3. The molecule has 1 N–H and O–H groups in total. The number of hydrogen-bond acceptors (Lipinski definition) is 6. The molecule has 0 aromatic heterocycles. The molecule has 136 valence electrons. The van der Waals surface area contributed by atoms with Gasteiger partial charge in [-0.15, -0.1) is 12.6 Å². The van der Waals surface area contributed by atoms with Crippen LogP contribution in [0.1, 0.15) is 22.9 Å². The number of benzene rings is 2. The fraction of sp³-hybridized carbons (Fsp3) is 0.158. The number of nitro groups is 1. The first-order valence-corrected chi connectivity index (χ1v) is 8.53. The van der Waals surface area contributed by atoms with E-state index in [0.717, 1.165) is 16.8 Å². The second kappa shape index (κ2) is 7.13. The zero-order valence-corrected chi connectivity index (χ0v) is 15.5. The van der Waals surface area contributed by atoms with E-state index in [1.165, 1.54) is 12.1 Å².